The van der Waals surface area contributed by atoms with Crippen LogP contribution in [0.25, 0.3) is 0 Å². The van der Waals surface area contributed by atoms with Crippen LogP contribution in [0, 0.1) is 5.92 Å². The van der Waals surface area contributed by atoms with Crippen molar-refractivity contribution in [3.05, 3.63) is 18.6 Å². The zero-order valence-corrected chi connectivity index (χ0v) is 9.19. The third-order valence-electron chi connectivity index (χ3n) is 2.89. The number of hydrogen-bond donors (Lipinski definition) is 1. The summed E-state index contributed by atoms with van der Waals surface area (Å²) in [5, 5.41) is 3.43. The number of aromatic nitrogens is 2. The number of hydrogen-bond acceptors (Lipinski definition) is 4. The van der Waals surface area contributed by atoms with Gasteiger partial charge in [0.05, 0.1) is 0 Å². The van der Waals surface area contributed by atoms with Crippen molar-refractivity contribution in [3.63, 3.8) is 0 Å². The molecule has 4 heteroatoms. The lowest BCUT2D eigenvalue weighted by atomic mass is 9.99. The lowest BCUT2D eigenvalue weighted by Crippen LogP contribution is -2.37. The molecule has 0 saturated carbocycles. The van der Waals surface area contributed by atoms with Gasteiger partial charge in [0.2, 0.25) is 0 Å². The fraction of sp³-hybridized carbons (Fsp3) is 0.636. The average molecular weight is 206 g/mol. The van der Waals surface area contributed by atoms with Crippen LogP contribution in [0.15, 0.2) is 18.6 Å². The highest BCUT2D eigenvalue weighted by atomic mass is 15.2. The number of anilines is 1. The molecule has 1 unspecified atom stereocenters. The third-order valence-corrected chi connectivity index (χ3v) is 2.89. The van der Waals surface area contributed by atoms with Crippen molar-refractivity contribution < 1.29 is 0 Å². The van der Waals surface area contributed by atoms with Crippen LogP contribution in [0.5, 0.6) is 0 Å². The van der Waals surface area contributed by atoms with Crippen LogP contribution >= 0.6 is 0 Å². The summed E-state index contributed by atoms with van der Waals surface area (Å²) in [6, 6.07) is 1.95. The first-order valence-electron chi connectivity index (χ1n) is 5.54. The number of nitrogens with one attached hydrogen (secondary N) is 1. The number of piperidine rings is 1. The van der Waals surface area contributed by atoms with Crippen LogP contribution < -0.4 is 10.2 Å². The van der Waals surface area contributed by atoms with Crippen LogP contribution in [0.1, 0.15) is 12.8 Å². The van der Waals surface area contributed by atoms with Crippen molar-refractivity contribution in [2.75, 3.05) is 31.6 Å². The summed E-state index contributed by atoms with van der Waals surface area (Å²) in [6.07, 6.45) is 6.01. The molecule has 1 saturated heterocycles. The Balaban J connectivity index is 1.88. The van der Waals surface area contributed by atoms with Gasteiger partial charge >= 0.3 is 0 Å². The Morgan fingerprint density at radius 1 is 1.60 bits per heavy atom. The molecule has 1 aromatic rings. The van der Waals surface area contributed by atoms with Gasteiger partial charge in [-0.2, -0.15) is 0 Å². The van der Waals surface area contributed by atoms with E-state index in [0.717, 1.165) is 24.8 Å². The fourth-order valence-corrected chi connectivity index (χ4v) is 2.07. The molecule has 2 heterocycles. The van der Waals surface area contributed by atoms with Crippen molar-refractivity contribution in [1.29, 1.82) is 0 Å². The molecule has 0 aliphatic carbocycles. The Kier molecular flexibility index (Phi) is 3.50. The van der Waals surface area contributed by atoms with Crippen LogP contribution in [-0.4, -0.2) is 36.6 Å². The summed E-state index contributed by atoms with van der Waals surface area (Å²) in [7, 11) is 2.09. The second kappa shape index (κ2) is 5.07. The van der Waals surface area contributed by atoms with Crippen molar-refractivity contribution >= 4 is 5.82 Å². The first kappa shape index (κ1) is 10.4. The zero-order valence-electron chi connectivity index (χ0n) is 9.19. The Bertz CT molecular complexity index is 282. The summed E-state index contributed by atoms with van der Waals surface area (Å²) in [6.45, 7) is 3.38. The van der Waals surface area contributed by atoms with Gasteiger partial charge in [-0.1, -0.05) is 0 Å². The topological polar surface area (TPSA) is 41.0 Å². The maximum absolute atomic E-state index is 4.24. The molecule has 0 radical (unpaired) electrons. The average Bonchev–Trinajstić information content (AvgIpc) is 2.31. The molecule has 1 aliphatic heterocycles. The van der Waals surface area contributed by atoms with E-state index >= 15 is 0 Å². The van der Waals surface area contributed by atoms with Gasteiger partial charge in [-0.3, -0.25) is 0 Å². The molecule has 1 N–H and O–H groups in total. The normalized spacial score (nSPS) is 21.3. The van der Waals surface area contributed by atoms with Crippen molar-refractivity contribution in [2.45, 2.75) is 12.8 Å². The van der Waals surface area contributed by atoms with Gasteiger partial charge in [0, 0.05) is 19.8 Å². The molecule has 1 fully saturated rings. The van der Waals surface area contributed by atoms with E-state index in [2.05, 4.69) is 27.2 Å². The molecule has 0 aromatic carbocycles. The smallest absolute Gasteiger partial charge is 0.131 e. The quantitative estimate of drug-likeness (QED) is 0.798. The maximum atomic E-state index is 4.24. The highest BCUT2D eigenvalue weighted by Crippen LogP contribution is 2.14. The Labute approximate surface area is 90.7 Å². The Morgan fingerprint density at radius 2 is 2.53 bits per heavy atom. The van der Waals surface area contributed by atoms with Gasteiger partial charge in [-0.25, -0.2) is 9.97 Å². The molecule has 1 atom stereocenters. The van der Waals surface area contributed by atoms with E-state index in [0.29, 0.717) is 0 Å². The van der Waals surface area contributed by atoms with Gasteiger partial charge in [0.15, 0.2) is 0 Å². The first-order chi connectivity index (χ1) is 7.36. The highest BCUT2D eigenvalue weighted by Gasteiger charge is 2.15. The molecule has 15 heavy (non-hydrogen) atoms. The minimum Gasteiger partial charge on any atom is -0.359 e. The van der Waals surface area contributed by atoms with E-state index in [9.17, 15) is 0 Å². The molecule has 2 rings (SSSR count). The van der Waals surface area contributed by atoms with Crippen LogP contribution in [-0.2, 0) is 0 Å². The van der Waals surface area contributed by atoms with Gasteiger partial charge in [-0.15, -0.1) is 0 Å². The van der Waals surface area contributed by atoms with Crippen LogP contribution in [0.2, 0.25) is 0 Å². The summed E-state index contributed by atoms with van der Waals surface area (Å²) < 4.78 is 0. The standard InChI is InChI=1S/C11H18N4/c1-15(11-4-6-13-9-14-11)8-10-3-2-5-12-7-10/h4,6,9-10,12H,2-3,5,7-8H2,1H3. The molecular weight excluding hydrogens is 188 g/mol. The van der Waals surface area contributed by atoms with E-state index in [1.807, 2.05) is 6.07 Å². The minimum absolute atomic E-state index is 0.749. The number of nitrogens with zero attached hydrogens (tertiary/aromatic N) is 3. The monoisotopic (exact) mass is 206 g/mol. The first-order valence-corrected chi connectivity index (χ1v) is 5.54. The molecule has 1 aromatic heterocycles. The molecule has 4 nitrogen and oxygen atoms in total. The molecular formula is C11H18N4. The van der Waals surface area contributed by atoms with Gasteiger partial charge in [0.25, 0.3) is 0 Å². The van der Waals surface area contributed by atoms with Crippen molar-refractivity contribution in [1.82, 2.24) is 15.3 Å². The second-order valence-corrected chi connectivity index (χ2v) is 4.16. The minimum atomic E-state index is 0.749. The lowest BCUT2D eigenvalue weighted by molar-refractivity contribution is 0.380. The summed E-state index contributed by atoms with van der Waals surface area (Å²) in [5.41, 5.74) is 0. The summed E-state index contributed by atoms with van der Waals surface area (Å²) in [4.78, 5) is 10.4. The molecule has 82 valence electrons. The second-order valence-electron chi connectivity index (χ2n) is 4.16. The Hall–Kier alpha value is -1.16. The summed E-state index contributed by atoms with van der Waals surface area (Å²) >= 11 is 0. The summed E-state index contributed by atoms with van der Waals surface area (Å²) in [5.74, 6) is 1.76. The molecule has 0 bridgehead atoms. The van der Waals surface area contributed by atoms with E-state index in [1.54, 1.807) is 12.5 Å². The van der Waals surface area contributed by atoms with Crippen LogP contribution in [0.4, 0.5) is 5.82 Å². The SMILES string of the molecule is CN(CC1CCCNC1)c1ccncn1. The lowest BCUT2D eigenvalue weighted by Gasteiger charge is -2.28. The largest absolute Gasteiger partial charge is 0.359 e. The maximum Gasteiger partial charge on any atom is 0.131 e. The Morgan fingerprint density at radius 3 is 3.20 bits per heavy atom. The van der Waals surface area contributed by atoms with E-state index in [4.69, 9.17) is 0 Å². The van der Waals surface area contributed by atoms with Gasteiger partial charge < -0.3 is 10.2 Å². The molecule has 0 amide bonds. The predicted octanol–water partition coefficient (Wildman–Crippen LogP) is 0.912. The predicted molar refractivity (Wildman–Crippen MR) is 60.9 cm³/mol. The van der Waals surface area contributed by atoms with E-state index in [-0.39, 0.29) is 0 Å². The van der Waals surface area contributed by atoms with Gasteiger partial charge in [-0.05, 0) is 37.9 Å². The zero-order chi connectivity index (χ0) is 10.5. The van der Waals surface area contributed by atoms with Gasteiger partial charge in [0.1, 0.15) is 12.1 Å². The fourth-order valence-electron chi connectivity index (χ4n) is 2.07. The van der Waals surface area contributed by atoms with E-state index in [1.165, 1.54) is 19.4 Å². The van der Waals surface area contributed by atoms with Crippen LogP contribution in [0.3, 0.4) is 0 Å². The molecule has 1 aliphatic rings. The molecule has 0 spiro atoms. The number of rotatable bonds is 3. The van der Waals surface area contributed by atoms with E-state index < -0.39 is 0 Å². The van der Waals surface area contributed by atoms with Crippen molar-refractivity contribution in [3.8, 4) is 0 Å². The highest BCUT2D eigenvalue weighted by molar-refractivity contribution is 5.34. The van der Waals surface area contributed by atoms with Crippen molar-refractivity contribution in [2.24, 2.45) is 5.92 Å². The third kappa shape index (κ3) is 2.89.